The Bertz CT molecular complexity index is 2470. The van der Waals surface area contributed by atoms with Gasteiger partial charge in [0, 0.05) is 54.5 Å². The molecule has 0 amide bonds. The minimum absolute atomic E-state index is 0.0320. The fourth-order valence-electron chi connectivity index (χ4n) is 9.68. The average Bonchev–Trinajstić information content (AvgIpc) is 3.73. The van der Waals surface area contributed by atoms with Crippen LogP contribution in [0.25, 0.3) is 22.0 Å². The lowest BCUT2D eigenvalue weighted by Crippen LogP contribution is -2.62. The number of aromatic nitrogens is 1. The standard InChI is InChI=1S/C48H54N4O9/c1-27(55)22-50-25-52-43-5-3-4-33(23-53)59-42-19-30(7-13-41(42)57)47-48(43,58-26-49-2)21-39-38-18-31(17-28-6-12-40-29(16-28)14-15-51-40)37-20-32(56)8-10-35(37)44(38)46-36(45(39)61-47)11-9-34(24-54)60-46/h6-8,10,12-16,19-20,27,31,33-34,43,47,49-57H,4,9,11,17-18,21-26H2,1-2H3. The van der Waals surface area contributed by atoms with Gasteiger partial charge in [-0.25, -0.2) is 0 Å². The summed E-state index contributed by atoms with van der Waals surface area (Å²) in [6.45, 7) is 2.06. The monoisotopic (exact) mass is 830 g/mol. The van der Waals surface area contributed by atoms with Gasteiger partial charge in [-0.05, 0) is 121 Å². The number of ether oxygens (including phenoxy) is 4. The van der Waals surface area contributed by atoms with Crippen molar-refractivity contribution in [3.05, 3.63) is 100 Å². The van der Waals surface area contributed by atoms with Gasteiger partial charge in [-0.15, -0.1) is 0 Å². The highest BCUT2D eigenvalue weighted by atomic mass is 16.6. The molecule has 9 N–H and O–H groups in total. The molecule has 7 atom stereocenters. The van der Waals surface area contributed by atoms with Gasteiger partial charge in [0.1, 0.15) is 41.1 Å². The molecule has 4 heterocycles. The third-order valence-corrected chi connectivity index (χ3v) is 12.6. The van der Waals surface area contributed by atoms with Gasteiger partial charge in [-0.2, -0.15) is 0 Å². The number of benzene rings is 4. The molecule has 9 rings (SSSR count). The number of aromatic amines is 1. The first-order valence-electron chi connectivity index (χ1n) is 21.2. The molecular formula is C48H54N4O9. The van der Waals surface area contributed by atoms with Gasteiger partial charge in [0.2, 0.25) is 0 Å². The first-order valence-corrected chi connectivity index (χ1v) is 21.2. The lowest BCUT2D eigenvalue weighted by Gasteiger charge is -2.49. The van der Waals surface area contributed by atoms with Crippen LogP contribution in [-0.2, 0) is 30.4 Å². The van der Waals surface area contributed by atoms with Crippen LogP contribution < -0.4 is 30.2 Å². The second kappa shape index (κ2) is 17.2. The summed E-state index contributed by atoms with van der Waals surface area (Å²) < 4.78 is 27.5. The average molecular weight is 831 g/mol. The largest absolute Gasteiger partial charge is 0.508 e. The van der Waals surface area contributed by atoms with Gasteiger partial charge >= 0.3 is 0 Å². The second-order valence-corrected chi connectivity index (χ2v) is 16.8. The maximum Gasteiger partial charge on any atom is 0.161 e. The molecule has 61 heavy (non-hydrogen) atoms. The maximum atomic E-state index is 11.0. The summed E-state index contributed by atoms with van der Waals surface area (Å²) in [5, 5.41) is 64.1. The molecule has 13 heteroatoms. The molecule has 4 aromatic carbocycles. The Labute approximate surface area is 355 Å². The Morgan fingerprint density at radius 2 is 1.82 bits per heavy atom. The van der Waals surface area contributed by atoms with E-state index in [1.807, 2.05) is 25.4 Å². The van der Waals surface area contributed by atoms with Crippen molar-refractivity contribution >= 4 is 10.9 Å². The molecule has 0 spiro atoms. The van der Waals surface area contributed by atoms with Crippen molar-refractivity contribution < 1.29 is 44.5 Å². The molecule has 7 unspecified atom stereocenters. The van der Waals surface area contributed by atoms with Gasteiger partial charge in [0.05, 0.1) is 26.0 Å². The minimum Gasteiger partial charge on any atom is -0.508 e. The molecular weight excluding hydrogens is 777 g/mol. The molecule has 0 fully saturated rings. The molecule has 1 aliphatic carbocycles. The molecule has 5 aromatic rings. The third-order valence-electron chi connectivity index (χ3n) is 12.6. The van der Waals surface area contributed by atoms with E-state index in [-0.39, 0.29) is 49.5 Å². The van der Waals surface area contributed by atoms with E-state index in [1.165, 1.54) is 5.56 Å². The highest BCUT2D eigenvalue weighted by Crippen LogP contribution is 2.58. The minimum atomic E-state index is -1.21. The van der Waals surface area contributed by atoms with Gasteiger partial charge in [-0.3, -0.25) is 10.6 Å². The van der Waals surface area contributed by atoms with E-state index in [4.69, 9.17) is 18.9 Å². The van der Waals surface area contributed by atoms with E-state index in [0.717, 1.165) is 44.3 Å². The topological polar surface area (TPSA) is 190 Å². The predicted octanol–water partition coefficient (Wildman–Crippen LogP) is 4.46. The van der Waals surface area contributed by atoms with Gasteiger partial charge in [0.25, 0.3) is 0 Å². The Morgan fingerprint density at radius 1 is 0.951 bits per heavy atom. The molecule has 0 radical (unpaired) electrons. The first kappa shape index (κ1) is 41.1. The molecule has 4 aliphatic rings. The molecule has 2 bridgehead atoms. The molecule has 13 nitrogen and oxygen atoms in total. The first-order chi connectivity index (χ1) is 29.7. The number of fused-ring (bicyclic) bond motifs is 13. The Hall–Kier alpha value is -5.30. The molecule has 0 saturated heterocycles. The van der Waals surface area contributed by atoms with E-state index in [1.54, 1.807) is 31.2 Å². The van der Waals surface area contributed by atoms with Crippen LogP contribution in [0, 0.1) is 11.8 Å². The smallest absolute Gasteiger partial charge is 0.161 e. The number of hydrogen-bond donors (Lipinski definition) is 9. The van der Waals surface area contributed by atoms with Crippen LogP contribution in [0.1, 0.15) is 65.2 Å². The number of nitrogens with one attached hydrogen (secondary N) is 4. The van der Waals surface area contributed by atoms with Crippen molar-refractivity contribution in [2.45, 2.75) is 87.4 Å². The van der Waals surface area contributed by atoms with Crippen LogP contribution in [0.4, 0.5) is 0 Å². The summed E-state index contributed by atoms with van der Waals surface area (Å²) in [5.41, 5.74) is 7.54. The number of phenols is 2. The van der Waals surface area contributed by atoms with Crippen molar-refractivity contribution in [3.8, 4) is 51.7 Å². The number of H-pyrrole nitrogens is 1. The summed E-state index contributed by atoms with van der Waals surface area (Å²) in [5.74, 6) is 8.40. The number of aliphatic hydroxyl groups is 3. The second-order valence-electron chi connectivity index (χ2n) is 16.8. The fourth-order valence-corrected chi connectivity index (χ4v) is 9.68. The lowest BCUT2D eigenvalue weighted by atomic mass is 9.69. The number of hydrogen-bond acceptors (Lipinski definition) is 12. The zero-order valence-corrected chi connectivity index (χ0v) is 34.5. The molecule has 0 saturated carbocycles. The Kier molecular flexibility index (Phi) is 11.6. The number of aliphatic hydroxyl groups excluding tert-OH is 3. The van der Waals surface area contributed by atoms with E-state index >= 15 is 0 Å². The zero-order valence-electron chi connectivity index (χ0n) is 34.5. The molecule has 320 valence electrons. The van der Waals surface area contributed by atoms with E-state index < -0.39 is 36.1 Å². The van der Waals surface area contributed by atoms with E-state index in [0.29, 0.717) is 62.4 Å². The SMILES string of the molecule is CNCOC12Cc3c4c(c5c(c3OC1c1ccc(O)c(c1)OC(CO)CC#CC2NCNCC(C)O)CCC(CO)O5)-c1ccc(O)cc1C(Cc1ccc2[nH]ccc2c1)C4. The fraction of sp³-hybridized carbons (Fsp3) is 0.417. The maximum absolute atomic E-state index is 11.0. The van der Waals surface area contributed by atoms with Crippen molar-refractivity contribution in [2.75, 3.05) is 40.2 Å². The van der Waals surface area contributed by atoms with Gasteiger partial charge in [0.15, 0.2) is 17.6 Å². The highest BCUT2D eigenvalue weighted by molar-refractivity contribution is 5.85. The summed E-state index contributed by atoms with van der Waals surface area (Å²) >= 11 is 0. The van der Waals surface area contributed by atoms with Crippen molar-refractivity contribution in [2.24, 2.45) is 0 Å². The van der Waals surface area contributed by atoms with Crippen molar-refractivity contribution in [1.82, 2.24) is 20.9 Å². The summed E-state index contributed by atoms with van der Waals surface area (Å²) in [4.78, 5) is 3.30. The van der Waals surface area contributed by atoms with Crippen LogP contribution in [0.5, 0.6) is 28.7 Å². The Balaban J connectivity index is 1.27. The summed E-state index contributed by atoms with van der Waals surface area (Å²) in [6.07, 6.45) is 2.47. The predicted molar refractivity (Wildman–Crippen MR) is 230 cm³/mol. The number of aromatic hydroxyl groups is 2. The highest BCUT2D eigenvalue weighted by Gasteiger charge is 2.54. The van der Waals surface area contributed by atoms with Gasteiger partial charge < -0.3 is 54.8 Å². The zero-order chi connectivity index (χ0) is 42.3. The lowest BCUT2D eigenvalue weighted by molar-refractivity contribution is -0.141. The van der Waals surface area contributed by atoms with E-state index in [2.05, 4.69) is 57.0 Å². The Morgan fingerprint density at radius 3 is 2.64 bits per heavy atom. The van der Waals surface area contributed by atoms with Crippen LogP contribution in [0.3, 0.4) is 0 Å². The van der Waals surface area contributed by atoms with E-state index in [9.17, 15) is 25.5 Å². The van der Waals surface area contributed by atoms with Crippen LogP contribution in [0.2, 0.25) is 0 Å². The van der Waals surface area contributed by atoms with Gasteiger partial charge in [-0.1, -0.05) is 30.0 Å². The quantitative estimate of drug-likeness (QED) is 0.0489. The number of rotatable bonds is 12. The third kappa shape index (κ3) is 7.78. The normalized spacial score (nSPS) is 24.2. The number of phenolic OH excluding ortho intramolecular Hbond substituents is 2. The van der Waals surface area contributed by atoms with Crippen LogP contribution in [0.15, 0.2) is 66.9 Å². The van der Waals surface area contributed by atoms with Crippen molar-refractivity contribution in [3.63, 3.8) is 0 Å². The summed E-state index contributed by atoms with van der Waals surface area (Å²) in [7, 11) is 1.82. The molecule has 3 aliphatic heterocycles. The summed E-state index contributed by atoms with van der Waals surface area (Å²) in [6, 6.07) is 18.6. The van der Waals surface area contributed by atoms with Crippen molar-refractivity contribution in [1.29, 1.82) is 0 Å². The molecule has 1 aromatic heterocycles. The van der Waals surface area contributed by atoms with Crippen LogP contribution in [-0.4, -0.2) is 101 Å². The van der Waals surface area contributed by atoms with Crippen LogP contribution >= 0.6 is 0 Å².